The van der Waals surface area contributed by atoms with Gasteiger partial charge in [0.15, 0.2) is 0 Å². The van der Waals surface area contributed by atoms with Gasteiger partial charge in [-0.1, -0.05) is 70.8 Å². The van der Waals surface area contributed by atoms with Crippen LogP contribution in [0.4, 0.5) is 0 Å². The minimum atomic E-state index is -1.10. The van der Waals surface area contributed by atoms with Crippen molar-refractivity contribution >= 4 is 11.9 Å². The van der Waals surface area contributed by atoms with Crippen LogP contribution in [0.2, 0.25) is 0 Å². The van der Waals surface area contributed by atoms with E-state index in [9.17, 15) is 9.90 Å². The SMILES string of the molecule is CCCCCCCCCCCCN=C([O-])c1ccc(C(=O)O)nc1.[Na+]. The molecule has 25 heavy (non-hydrogen) atoms. The topological polar surface area (TPSA) is 85.6 Å². The van der Waals surface area contributed by atoms with E-state index in [1.54, 1.807) is 0 Å². The van der Waals surface area contributed by atoms with E-state index in [2.05, 4.69) is 16.9 Å². The molecule has 0 saturated carbocycles. The number of carboxylic acid groups (broad SMARTS) is 1. The summed E-state index contributed by atoms with van der Waals surface area (Å²) in [6.07, 6.45) is 13.8. The molecule has 1 aromatic rings. The number of hydrogen-bond donors (Lipinski definition) is 1. The molecular weight excluding hydrogens is 327 g/mol. The van der Waals surface area contributed by atoms with Crippen molar-refractivity contribution in [3.8, 4) is 0 Å². The van der Waals surface area contributed by atoms with Crippen molar-refractivity contribution in [3.05, 3.63) is 29.6 Å². The second-order valence-corrected chi connectivity index (χ2v) is 6.11. The van der Waals surface area contributed by atoms with E-state index in [0.29, 0.717) is 12.1 Å². The minimum Gasteiger partial charge on any atom is -0.858 e. The van der Waals surface area contributed by atoms with Crippen LogP contribution in [-0.4, -0.2) is 28.5 Å². The van der Waals surface area contributed by atoms with Crippen LogP contribution < -0.4 is 34.7 Å². The van der Waals surface area contributed by atoms with Crippen molar-refractivity contribution in [2.75, 3.05) is 6.54 Å². The number of nitrogens with zero attached hydrogens (tertiary/aromatic N) is 2. The van der Waals surface area contributed by atoms with E-state index in [1.165, 1.54) is 69.7 Å². The fraction of sp³-hybridized carbons (Fsp3) is 0.632. The Balaban J connectivity index is 0.00000576. The smallest absolute Gasteiger partial charge is 0.858 e. The van der Waals surface area contributed by atoms with Gasteiger partial charge in [0.05, 0.1) is 0 Å². The maximum atomic E-state index is 11.8. The zero-order chi connectivity index (χ0) is 17.6. The number of pyridine rings is 1. The number of aromatic carboxylic acids is 1. The molecule has 0 aliphatic carbocycles. The summed E-state index contributed by atoms with van der Waals surface area (Å²) in [5, 5.41) is 20.6. The number of unbranched alkanes of at least 4 members (excludes halogenated alkanes) is 9. The molecule has 0 amide bonds. The Morgan fingerprint density at radius 3 is 2.08 bits per heavy atom. The molecule has 6 heteroatoms. The summed E-state index contributed by atoms with van der Waals surface area (Å²) >= 11 is 0. The number of carbonyl (C=O) groups is 1. The number of aromatic nitrogens is 1. The average Bonchev–Trinajstić information content (AvgIpc) is 2.59. The van der Waals surface area contributed by atoms with Gasteiger partial charge in [-0.25, -0.2) is 9.78 Å². The fourth-order valence-corrected chi connectivity index (χ4v) is 2.52. The monoisotopic (exact) mass is 356 g/mol. The third-order valence-corrected chi connectivity index (χ3v) is 4.00. The Kier molecular flexibility index (Phi) is 14.8. The first-order valence-corrected chi connectivity index (χ1v) is 9.06. The number of carboxylic acids is 1. The van der Waals surface area contributed by atoms with Gasteiger partial charge in [0.2, 0.25) is 0 Å². The van der Waals surface area contributed by atoms with Gasteiger partial charge in [-0.15, -0.1) is 0 Å². The van der Waals surface area contributed by atoms with Crippen molar-refractivity contribution in [1.29, 1.82) is 0 Å². The predicted molar refractivity (Wildman–Crippen MR) is 94.4 cm³/mol. The van der Waals surface area contributed by atoms with E-state index >= 15 is 0 Å². The number of aliphatic imine (C=N–C) groups is 1. The maximum Gasteiger partial charge on any atom is 1.00 e. The molecule has 0 aliphatic rings. The van der Waals surface area contributed by atoms with Gasteiger partial charge >= 0.3 is 35.5 Å². The van der Waals surface area contributed by atoms with Crippen LogP contribution in [0.25, 0.3) is 0 Å². The van der Waals surface area contributed by atoms with E-state index in [0.717, 1.165) is 12.8 Å². The van der Waals surface area contributed by atoms with Gasteiger partial charge in [-0.2, -0.15) is 0 Å². The van der Waals surface area contributed by atoms with Crippen molar-refractivity contribution < 1.29 is 44.6 Å². The summed E-state index contributed by atoms with van der Waals surface area (Å²) in [6.45, 7) is 2.76. The predicted octanol–water partition coefficient (Wildman–Crippen LogP) is 0.812. The molecule has 1 N–H and O–H groups in total. The Morgan fingerprint density at radius 1 is 1.04 bits per heavy atom. The Labute approximate surface area is 173 Å². The molecule has 0 fully saturated rings. The molecule has 1 rings (SSSR count). The minimum absolute atomic E-state index is 0. The van der Waals surface area contributed by atoms with Gasteiger partial charge in [-0.05, 0) is 18.4 Å². The molecule has 0 aromatic carbocycles. The molecule has 1 heterocycles. The van der Waals surface area contributed by atoms with Crippen molar-refractivity contribution in [1.82, 2.24) is 4.98 Å². The van der Waals surface area contributed by atoms with Gasteiger partial charge in [0.25, 0.3) is 0 Å². The van der Waals surface area contributed by atoms with E-state index < -0.39 is 5.97 Å². The molecule has 1 aromatic heterocycles. The molecule has 134 valence electrons. The fourth-order valence-electron chi connectivity index (χ4n) is 2.52. The molecule has 0 radical (unpaired) electrons. The average molecular weight is 356 g/mol. The van der Waals surface area contributed by atoms with E-state index in [1.807, 2.05) is 0 Å². The molecule has 0 spiro atoms. The standard InChI is InChI=1S/C19H30N2O3.Na/c1-2-3-4-5-6-7-8-9-10-11-14-20-18(22)16-12-13-17(19(23)24)21-15-16;/h12-13,15H,2-11,14H2,1H3,(H,20,22)(H,23,24);/q;+1/p-1. The van der Waals surface area contributed by atoms with Crippen molar-refractivity contribution in [2.24, 2.45) is 4.99 Å². The number of hydrogen-bond acceptors (Lipinski definition) is 4. The van der Waals surface area contributed by atoms with Gasteiger partial charge in [0, 0.05) is 18.3 Å². The molecule has 0 bridgehead atoms. The first-order chi connectivity index (χ1) is 11.6. The van der Waals surface area contributed by atoms with Gasteiger partial charge < -0.3 is 15.2 Å². The van der Waals surface area contributed by atoms with Crippen LogP contribution in [0, 0.1) is 0 Å². The first kappa shape index (κ1) is 24.1. The van der Waals surface area contributed by atoms with Crippen LogP contribution in [0.1, 0.15) is 87.2 Å². The van der Waals surface area contributed by atoms with Crippen LogP contribution in [0.5, 0.6) is 0 Å². The van der Waals surface area contributed by atoms with E-state index in [-0.39, 0.29) is 41.1 Å². The molecule has 0 aliphatic heterocycles. The molecule has 5 nitrogen and oxygen atoms in total. The first-order valence-electron chi connectivity index (χ1n) is 9.06. The molecule has 0 unspecified atom stereocenters. The number of rotatable bonds is 13. The summed E-state index contributed by atoms with van der Waals surface area (Å²) in [6, 6.07) is 2.78. The summed E-state index contributed by atoms with van der Waals surface area (Å²) in [5.74, 6) is -1.42. The summed E-state index contributed by atoms with van der Waals surface area (Å²) < 4.78 is 0. The Hall–Kier alpha value is -0.910. The molecule has 0 atom stereocenters. The summed E-state index contributed by atoms with van der Waals surface area (Å²) in [4.78, 5) is 18.4. The Morgan fingerprint density at radius 2 is 1.60 bits per heavy atom. The van der Waals surface area contributed by atoms with Crippen LogP contribution in [0.15, 0.2) is 23.3 Å². The zero-order valence-corrected chi connectivity index (χ0v) is 17.7. The maximum absolute atomic E-state index is 11.8. The third-order valence-electron chi connectivity index (χ3n) is 4.00. The van der Waals surface area contributed by atoms with Crippen LogP contribution in [0.3, 0.4) is 0 Å². The second-order valence-electron chi connectivity index (χ2n) is 6.11. The van der Waals surface area contributed by atoms with Crippen molar-refractivity contribution in [2.45, 2.75) is 71.1 Å². The van der Waals surface area contributed by atoms with Gasteiger partial charge in [-0.3, -0.25) is 0 Å². The Bertz CT molecular complexity index is 504. The zero-order valence-electron chi connectivity index (χ0n) is 15.7. The quantitative estimate of drug-likeness (QED) is 0.245. The van der Waals surface area contributed by atoms with Crippen LogP contribution in [-0.2, 0) is 0 Å². The van der Waals surface area contributed by atoms with Crippen LogP contribution >= 0.6 is 0 Å². The largest absolute Gasteiger partial charge is 1.00 e. The van der Waals surface area contributed by atoms with E-state index in [4.69, 9.17) is 5.11 Å². The molecule has 0 saturated heterocycles. The third kappa shape index (κ3) is 11.3. The summed E-state index contributed by atoms with van der Waals surface area (Å²) in [5.41, 5.74) is 0.272. The van der Waals surface area contributed by atoms with Crippen molar-refractivity contribution in [3.63, 3.8) is 0 Å². The molecular formula is C19H29N2NaO3. The van der Waals surface area contributed by atoms with Gasteiger partial charge in [0.1, 0.15) is 5.69 Å². The summed E-state index contributed by atoms with van der Waals surface area (Å²) in [7, 11) is 0. The normalized spacial score (nSPS) is 11.2. The second kappa shape index (κ2) is 15.4.